The molecule has 0 saturated heterocycles. The first kappa shape index (κ1) is 18.6. The third-order valence-corrected chi connectivity index (χ3v) is 10.1. The molecule has 0 atom stereocenters. The summed E-state index contributed by atoms with van der Waals surface area (Å²) in [5, 5.41) is 1.96. The second-order valence-corrected chi connectivity index (χ2v) is 12.2. The number of hydrogen-bond donors (Lipinski definition) is 0. The lowest BCUT2D eigenvalue weighted by Crippen LogP contribution is -2.19. The highest BCUT2D eigenvalue weighted by Gasteiger charge is 2.40. The van der Waals surface area contributed by atoms with Crippen LogP contribution in [0.5, 0.6) is 0 Å². The Morgan fingerprint density at radius 2 is 1.68 bits per heavy atom. The zero-order valence-electron chi connectivity index (χ0n) is 16.3. The molecule has 0 spiro atoms. The van der Waals surface area contributed by atoms with Crippen LogP contribution < -0.4 is 0 Å². The number of hydrogen-bond acceptors (Lipinski definition) is 4. The van der Waals surface area contributed by atoms with Crippen LogP contribution in [0.3, 0.4) is 0 Å². The number of rotatable bonds is 6. The van der Waals surface area contributed by atoms with Crippen LogP contribution in [0.25, 0.3) is 0 Å². The third-order valence-electron chi connectivity index (χ3n) is 6.90. The number of aryl methyl sites for hydroxylation is 2. The Kier molecular flexibility index (Phi) is 4.33. The van der Waals surface area contributed by atoms with E-state index in [1.807, 2.05) is 5.38 Å². The number of fused-ring (bicyclic) bond motifs is 2. The minimum absolute atomic E-state index is 0.152. The monoisotopic (exact) mass is 414 g/mol. The zero-order valence-corrected chi connectivity index (χ0v) is 18.0. The molecule has 3 nitrogen and oxygen atoms in total. The largest absolute Gasteiger partial charge is 0.298 e. The summed E-state index contributed by atoms with van der Waals surface area (Å²) >= 11 is 1.27. The number of sulfone groups is 1. The molecule has 148 valence electrons. The second kappa shape index (κ2) is 6.53. The molecule has 5 heteroatoms. The van der Waals surface area contributed by atoms with Crippen molar-refractivity contribution in [3.8, 4) is 0 Å². The van der Waals surface area contributed by atoms with Crippen LogP contribution in [0, 0.1) is 0 Å². The van der Waals surface area contributed by atoms with Crippen LogP contribution in [0.1, 0.15) is 66.0 Å². The van der Waals surface area contributed by atoms with Gasteiger partial charge < -0.3 is 0 Å². The van der Waals surface area contributed by atoms with Crippen molar-refractivity contribution in [1.29, 1.82) is 0 Å². The summed E-state index contributed by atoms with van der Waals surface area (Å²) in [4.78, 5) is 12.8. The van der Waals surface area contributed by atoms with E-state index in [1.54, 1.807) is 6.07 Å². The Hall–Kier alpha value is -1.46. The van der Waals surface area contributed by atoms with Gasteiger partial charge in [-0.3, -0.25) is 4.79 Å². The number of carbonyl (C=O) groups is 1. The van der Waals surface area contributed by atoms with Gasteiger partial charge in [0, 0.05) is 6.42 Å². The Morgan fingerprint density at radius 3 is 2.29 bits per heavy atom. The first-order chi connectivity index (χ1) is 13.4. The van der Waals surface area contributed by atoms with Crippen molar-refractivity contribution >= 4 is 27.0 Å². The predicted molar refractivity (Wildman–Crippen MR) is 112 cm³/mol. The van der Waals surface area contributed by atoms with Crippen LogP contribution in [0.2, 0.25) is 0 Å². The molecule has 1 saturated carbocycles. The lowest BCUT2D eigenvalue weighted by atomic mass is 9.91. The first-order valence-electron chi connectivity index (χ1n) is 10.3. The zero-order chi connectivity index (χ0) is 19.5. The van der Waals surface area contributed by atoms with Gasteiger partial charge in [0.25, 0.3) is 0 Å². The summed E-state index contributed by atoms with van der Waals surface area (Å²) < 4.78 is 26.1. The predicted octanol–water partition coefficient (Wildman–Crippen LogP) is 4.36. The van der Waals surface area contributed by atoms with Crippen molar-refractivity contribution in [2.45, 2.75) is 74.3 Å². The van der Waals surface area contributed by atoms with Gasteiger partial charge in [0.15, 0.2) is 15.6 Å². The van der Waals surface area contributed by atoms with E-state index in [0.29, 0.717) is 4.21 Å². The van der Waals surface area contributed by atoms with Gasteiger partial charge in [-0.1, -0.05) is 13.0 Å². The molecule has 1 fully saturated rings. The van der Waals surface area contributed by atoms with Crippen molar-refractivity contribution in [3.05, 3.63) is 50.9 Å². The lowest BCUT2D eigenvalue weighted by molar-refractivity contribution is -0.116. The number of ketones is 1. The molecule has 3 aliphatic rings. The molecule has 1 aromatic heterocycles. The molecule has 2 aromatic rings. The quantitative estimate of drug-likeness (QED) is 0.706. The highest BCUT2D eigenvalue weighted by atomic mass is 32.2. The fourth-order valence-corrected chi connectivity index (χ4v) is 7.62. The van der Waals surface area contributed by atoms with Crippen molar-refractivity contribution in [3.63, 3.8) is 0 Å². The number of carbonyl (C=O) groups excluding carboxylic acids is 1. The topological polar surface area (TPSA) is 51.2 Å². The summed E-state index contributed by atoms with van der Waals surface area (Å²) in [6.45, 7) is 2.17. The van der Waals surface area contributed by atoms with E-state index in [2.05, 4.69) is 13.0 Å². The van der Waals surface area contributed by atoms with Crippen LogP contribution in [-0.4, -0.2) is 20.0 Å². The van der Waals surface area contributed by atoms with Gasteiger partial charge in [-0.25, -0.2) is 8.42 Å². The van der Waals surface area contributed by atoms with Gasteiger partial charge in [-0.2, -0.15) is 0 Å². The fraction of sp³-hybridized carbons (Fsp3) is 0.522. The van der Waals surface area contributed by atoms with E-state index in [9.17, 15) is 13.2 Å². The summed E-state index contributed by atoms with van der Waals surface area (Å²) in [5.74, 6) is -0.538. The van der Waals surface area contributed by atoms with Crippen LogP contribution in [0.15, 0.2) is 21.7 Å². The van der Waals surface area contributed by atoms with E-state index >= 15 is 0 Å². The maximum atomic E-state index is 12.9. The van der Waals surface area contributed by atoms with Gasteiger partial charge in [0.1, 0.15) is 9.96 Å². The molecule has 0 bridgehead atoms. The van der Waals surface area contributed by atoms with Crippen LogP contribution >= 0.6 is 11.3 Å². The number of thiophene rings is 1. The molecule has 1 heterocycles. The SMILES string of the molecule is CC1(c2csc(S(=O)(=O)CC(=O)Cc3c4c(cc5c3CCC5)CCC4)c2)CC1. The molecule has 0 N–H and O–H groups in total. The van der Waals surface area contributed by atoms with E-state index in [1.165, 1.54) is 39.2 Å². The summed E-state index contributed by atoms with van der Waals surface area (Å²) in [7, 11) is -3.55. The summed E-state index contributed by atoms with van der Waals surface area (Å²) in [5.41, 5.74) is 7.90. The number of Topliss-reactive ketones (excluding diaryl/α,β-unsaturated/α-hetero) is 1. The fourth-order valence-electron chi connectivity index (χ4n) is 4.95. The average Bonchev–Trinajstić information content (AvgIpc) is 3.13. The van der Waals surface area contributed by atoms with E-state index < -0.39 is 9.84 Å². The average molecular weight is 415 g/mol. The molecular formula is C23H26O3S2. The van der Waals surface area contributed by atoms with Gasteiger partial charge in [0.05, 0.1) is 0 Å². The van der Waals surface area contributed by atoms with E-state index in [-0.39, 0.29) is 23.4 Å². The van der Waals surface area contributed by atoms with Gasteiger partial charge >= 0.3 is 0 Å². The molecule has 5 rings (SSSR count). The standard InChI is InChI=1S/C23H26O3S2/c1-23(8-9-23)17-11-22(27-13-17)28(25,26)14-18(24)12-21-19-6-2-4-15(19)10-16-5-3-7-20(16)21/h10-11,13H,2-9,12,14H2,1H3. The lowest BCUT2D eigenvalue weighted by Gasteiger charge is -2.14. The van der Waals surface area contributed by atoms with Crippen molar-refractivity contribution < 1.29 is 13.2 Å². The molecule has 0 aliphatic heterocycles. The molecule has 0 amide bonds. The van der Waals surface area contributed by atoms with Gasteiger partial charge in [-0.05, 0) is 102 Å². The summed E-state index contributed by atoms with van der Waals surface area (Å²) in [6, 6.07) is 4.15. The van der Waals surface area contributed by atoms with Crippen molar-refractivity contribution in [2.24, 2.45) is 0 Å². The normalized spacial score (nSPS) is 19.5. The minimum Gasteiger partial charge on any atom is -0.298 e. The Labute approximate surface area is 171 Å². The minimum atomic E-state index is -3.55. The Morgan fingerprint density at radius 1 is 1.04 bits per heavy atom. The van der Waals surface area contributed by atoms with Gasteiger partial charge in [-0.15, -0.1) is 11.3 Å². The molecule has 3 aliphatic carbocycles. The molecule has 0 radical (unpaired) electrons. The second-order valence-electron chi connectivity index (χ2n) is 9.03. The molecule has 28 heavy (non-hydrogen) atoms. The maximum Gasteiger partial charge on any atom is 0.194 e. The highest BCUT2D eigenvalue weighted by molar-refractivity contribution is 7.94. The van der Waals surface area contributed by atoms with E-state index in [4.69, 9.17) is 0 Å². The van der Waals surface area contributed by atoms with Crippen LogP contribution in [-0.2, 0) is 52.2 Å². The first-order valence-corrected chi connectivity index (χ1v) is 12.9. The van der Waals surface area contributed by atoms with Crippen molar-refractivity contribution in [1.82, 2.24) is 0 Å². The smallest absolute Gasteiger partial charge is 0.194 e. The number of benzene rings is 1. The Balaban J connectivity index is 1.38. The van der Waals surface area contributed by atoms with Crippen LogP contribution in [0.4, 0.5) is 0 Å². The third kappa shape index (κ3) is 3.17. The molecular weight excluding hydrogens is 388 g/mol. The highest BCUT2D eigenvalue weighted by Crippen LogP contribution is 2.49. The van der Waals surface area contributed by atoms with Crippen molar-refractivity contribution in [2.75, 3.05) is 5.75 Å². The maximum absolute atomic E-state index is 12.9. The van der Waals surface area contributed by atoms with Gasteiger partial charge in [0.2, 0.25) is 0 Å². The molecule has 0 unspecified atom stereocenters. The Bertz CT molecular complexity index is 1040. The molecule has 1 aromatic carbocycles. The summed E-state index contributed by atoms with van der Waals surface area (Å²) in [6.07, 6.45) is 9.07. The van der Waals surface area contributed by atoms with E-state index in [0.717, 1.165) is 56.9 Å².